The first-order valence-electron chi connectivity index (χ1n) is 10.2. The lowest BCUT2D eigenvalue weighted by molar-refractivity contribution is -0.885. The zero-order chi connectivity index (χ0) is 20.9. The summed E-state index contributed by atoms with van der Waals surface area (Å²) in [6, 6.07) is 16.1. The van der Waals surface area contributed by atoms with Crippen LogP contribution in [0.15, 0.2) is 54.7 Å². The Morgan fingerprint density at radius 2 is 2.00 bits per heavy atom. The zero-order valence-corrected chi connectivity index (χ0v) is 17.0. The van der Waals surface area contributed by atoms with Crippen LogP contribution in [0.2, 0.25) is 0 Å². The number of hydrogen-bond acceptors (Lipinski definition) is 3. The number of piperazine rings is 1. The molecule has 3 aromatic rings. The Labute approximate surface area is 175 Å². The molecular formula is C23H27N4O3+. The number of aromatic nitrogens is 1. The molecule has 2 amide bonds. The molecule has 1 aliphatic heterocycles. The molecule has 0 bridgehead atoms. The summed E-state index contributed by atoms with van der Waals surface area (Å²) in [6.45, 7) is 2.51. The van der Waals surface area contributed by atoms with Crippen molar-refractivity contribution in [3.8, 4) is 5.75 Å². The number of aromatic amines is 1. The highest BCUT2D eigenvalue weighted by molar-refractivity contribution is 5.84. The highest BCUT2D eigenvalue weighted by atomic mass is 16.5. The molecule has 2 atom stereocenters. The van der Waals surface area contributed by atoms with E-state index in [-0.39, 0.29) is 17.7 Å². The van der Waals surface area contributed by atoms with Crippen LogP contribution >= 0.6 is 0 Å². The predicted octanol–water partition coefficient (Wildman–Crippen LogP) is 0.439. The number of ether oxygens (including phenoxy) is 1. The maximum atomic E-state index is 12.6. The van der Waals surface area contributed by atoms with Crippen LogP contribution in [0.3, 0.4) is 0 Å². The van der Waals surface area contributed by atoms with Crippen molar-refractivity contribution in [1.82, 2.24) is 15.6 Å². The van der Waals surface area contributed by atoms with Crippen molar-refractivity contribution in [3.63, 3.8) is 0 Å². The summed E-state index contributed by atoms with van der Waals surface area (Å²) in [5, 5.41) is 7.03. The molecule has 30 heavy (non-hydrogen) atoms. The lowest BCUT2D eigenvalue weighted by Gasteiger charge is -2.24. The second-order valence-electron chi connectivity index (χ2n) is 7.62. The molecule has 1 fully saturated rings. The summed E-state index contributed by atoms with van der Waals surface area (Å²) in [7, 11) is 1.65. The van der Waals surface area contributed by atoms with Gasteiger partial charge in [0.2, 0.25) is 0 Å². The van der Waals surface area contributed by atoms with E-state index in [4.69, 9.17) is 4.74 Å². The van der Waals surface area contributed by atoms with Gasteiger partial charge < -0.3 is 25.3 Å². The minimum absolute atomic E-state index is 0.000970. The topological polar surface area (TPSA) is 87.7 Å². The quantitative estimate of drug-likeness (QED) is 0.458. The van der Waals surface area contributed by atoms with Gasteiger partial charge in [0, 0.05) is 29.6 Å². The highest BCUT2D eigenvalue weighted by Gasteiger charge is 2.24. The van der Waals surface area contributed by atoms with Gasteiger partial charge in [-0.3, -0.25) is 9.59 Å². The Morgan fingerprint density at radius 3 is 2.77 bits per heavy atom. The van der Waals surface area contributed by atoms with Crippen LogP contribution in [0.4, 0.5) is 0 Å². The molecule has 1 saturated heterocycles. The third-order valence-electron chi connectivity index (χ3n) is 5.64. The summed E-state index contributed by atoms with van der Waals surface area (Å²) in [6.07, 6.45) is 2.02. The number of amides is 2. The second kappa shape index (κ2) is 9.00. The number of H-pyrrole nitrogens is 1. The second-order valence-corrected chi connectivity index (χ2v) is 7.62. The van der Waals surface area contributed by atoms with Crippen molar-refractivity contribution >= 4 is 22.7 Å². The third-order valence-corrected chi connectivity index (χ3v) is 5.64. The van der Waals surface area contributed by atoms with Crippen LogP contribution in [0.5, 0.6) is 5.75 Å². The number of quaternary nitrogens is 1. The Morgan fingerprint density at radius 1 is 1.20 bits per heavy atom. The third kappa shape index (κ3) is 4.46. The van der Waals surface area contributed by atoms with Gasteiger partial charge in [0.05, 0.1) is 20.2 Å². The number of para-hydroxylation sites is 1. The zero-order valence-electron chi connectivity index (χ0n) is 17.0. The molecule has 1 aliphatic rings. The highest BCUT2D eigenvalue weighted by Crippen LogP contribution is 2.31. The molecule has 0 saturated carbocycles. The lowest BCUT2D eigenvalue weighted by Crippen LogP contribution is -3.16. The van der Waals surface area contributed by atoms with Crippen molar-refractivity contribution in [2.75, 3.05) is 39.8 Å². The molecule has 2 heterocycles. The van der Waals surface area contributed by atoms with E-state index in [2.05, 4.69) is 21.7 Å². The monoisotopic (exact) mass is 407 g/mol. The Hall–Kier alpha value is -3.32. The van der Waals surface area contributed by atoms with Crippen LogP contribution in [0.1, 0.15) is 17.0 Å². The van der Waals surface area contributed by atoms with Gasteiger partial charge in [-0.15, -0.1) is 0 Å². The summed E-state index contributed by atoms with van der Waals surface area (Å²) in [4.78, 5) is 28.5. The van der Waals surface area contributed by atoms with E-state index in [9.17, 15) is 9.59 Å². The normalized spacial score (nSPS) is 17.4. The van der Waals surface area contributed by atoms with E-state index in [0.717, 1.165) is 39.2 Å². The smallest absolute Gasteiger partial charge is 0.275 e. The fourth-order valence-electron chi connectivity index (χ4n) is 4.04. The minimum atomic E-state index is -0.0435. The first kappa shape index (κ1) is 20.0. The van der Waals surface area contributed by atoms with Gasteiger partial charge in [0.25, 0.3) is 11.8 Å². The van der Waals surface area contributed by atoms with Gasteiger partial charge >= 0.3 is 0 Å². The molecule has 2 aromatic carbocycles. The molecule has 0 aliphatic carbocycles. The average Bonchev–Trinajstić information content (AvgIpc) is 3.18. The SMILES string of the molecule is COc1ccc([C@H](CNC(=O)C[NH+]2CCNC(=O)C2)c2c[nH]c3ccccc23)cc1. The van der Waals surface area contributed by atoms with Crippen LogP contribution in [-0.4, -0.2) is 56.6 Å². The summed E-state index contributed by atoms with van der Waals surface area (Å²) in [5.41, 5.74) is 3.31. The number of carbonyl (C=O) groups excluding carboxylic acids is 2. The summed E-state index contributed by atoms with van der Waals surface area (Å²) in [5.74, 6) is 0.750. The number of carbonyl (C=O) groups is 2. The molecule has 7 heteroatoms. The van der Waals surface area contributed by atoms with Crippen molar-refractivity contribution < 1.29 is 19.2 Å². The molecule has 156 valence electrons. The van der Waals surface area contributed by atoms with E-state index in [1.54, 1.807) is 7.11 Å². The van der Waals surface area contributed by atoms with Crippen LogP contribution in [0.25, 0.3) is 10.9 Å². The summed E-state index contributed by atoms with van der Waals surface area (Å²) >= 11 is 0. The molecule has 1 unspecified atom stereocenters. The largest absolute Gasteiger partial charge is 0.497 e. The number of nitrogens with one attached hydrogen (secondary N) is 4. The average molecular weight is 407 g/mol. The van der Waals surface area contributed by atoms with E-state index in [1.807, 2.05) is 48.7 Å². The molecule has 0 radical (unpaired) electrons. The van der Waals surface area contributed by atoms with Gasteiger partial charge in [-0.1, -0.05) is 30.3 Å². The Kier molecular flexibility index (Phi) is 5.99. The maximum absolute atomic E-state index is 12.6. The molecular weight excluding hydrogens is 380 g/mol. The molecule has 7 nitrogen and oxygen atoms in total. The van der Waals surface area contributed by atoms with Gasteiger partial charge in [-0.2, -0.15) is 0 Å². The fraction of sp³-hybridized carbons (Fsp3) is 0.304. The van der Waals surface area contributed by atoms with Gasteiger partial charge in [0.1, 0.15) is 5.75 Å². The number of hydrogen-bond donors (Lipinski definition) is 4. The fourth-order valence-corrected chi connectivity index (χ4v) is 4.04. The van der Waals surface area contributed by atoms with Crippen LogP contribution in [0, 0.1) is 0 Å². The first-order chi connectivity index (χ1) is 14.6. The standard InChI is InChI=1S/C23H26N4O3/c1-30-17-8-6-16(7-9-17)19(20-13-25-21-5-3-2-4-18(20)21)12-26-23(29)15-27-11-10-24-22(28)14-27/h2-9,13,19,25H,10-12,14-15H2,1H3,(H,24,28)(H,26,29)/p+1/t19-/m0/s1. The van der Waals surface area contributed by atoms with E-state index < -0.39 is 0 Å². The van der Waals surface area contributed by atoms with Crippen molar-refractivity contribution in [1.29, 1.82) is 0 Å². The van der Waals surface area contributed by atoms with Crippen LogP contribution in [-0.2, 0) is 9.59 Å². The lowest BCUT2D eigenvalue weighted by atomic mass is 9.90. The van der Waals surface area contributed by atoms with Gasteiger partial charge in [-0.25, -0.2) is 0 Å². The van der Waals surface area contributed by atoms with E-state index in [1.165, 1.54) is 0 Å². The Balaban J connectivity index is 1.53. The predicted molar refractivity (Wildman–Crippen MR) is 115 cm³/mol. The Bertz CT molecular complexity index is 1030. The number of rotatable bonds is 7. The van der Waals surface area contributed by atoms with Crippen molar-refractivity contribution in [2.45, 2.75) is 5.92 Å². The minimum Gasteiger partial charge on any atom is -0.497 e. The molecule has 4 rings (SSSR count). The van der Waals surface area contributed by atoms with E-state index in [0.29, 0.717) is 26.2 Å². The summed E-state index contributed by atoms with van der Waals surface area (Å²) < 4.78 is 5.29. The number of methoxy groups -OCH3 is 1. The molecule has 4 N–H and O–H groups in total. The molecule has 0 spiro atoms. The van der Waals surface area contributed by atoms with Gasteiger partial charge in [0.15, 0.2) is 13.1 Å². The first-order valence-corrected chi connectivity index (χ1v) is 10.2. The van der Waals surface area contributed by atoms with Crippen molar-refractivity contribution in [3.05, 3.63) is 65.9 Å². The van der Waals surface area contributed by atoms with Crippen molar-refractivity contribution in [2.24, 2.45) is 0 Å². The maximum Gasteiger partial charge on any atom is 0.275 e. The number of fused-ring (bicyclic) bond motifs is 1. The number of benzene rings is 2. The van der Waals surface area contributed by atoms with Gasteiger partial charge in [-0.05, 0) is 29.3 Å². The molecule has 1 aromatic heterocycles. The van der Waals surface area contributed by atoms with E-state index >= 15 is 0 Å². The van der Waals surface area contributed by atoms with Crippen LogP contribution < -0.4 is 20.3 Å².